The number of rotatable bonds is 3. The summed E-state index contributed by atoms with van der Waals surface area (Å²) in [7, 11) is 0. The monoisotopic (exact) mass is 213 g/mol. The number of fused-ring (bicyclic) bond motifs is 1. The molecule has 0 aliphatic carbocycles. The van der Waals surface area contributed by atoms with Crippen molar-refractivity contribution in [1.29, 1.82) is 0 Å². The summed E-state index contributed by atoms with van der Waals surface area (Å²) in [5, 5.41) is 10.0. The molecule has 1 aromatic carbocycles. The van der Waals surface area contributed by atoms with E-state index in [4.69, 9.17) is 5.11 Å². The Morgan fingerprint density at radius 2 is 2.19 bits per heavy atom. The van der Waals surface area contributed by atoms with Crippen LogP contribution in [-0.2, 0) is 6.42 Å². The van der Waals surface area contributed by atoms with Gasteiger partial charge in [0, 0.05) is 5.39 Å². The maximum Gasteiger partial charge on any atom is 0.354 e. The molecule has 3 nitrogen and oxygen atoms in total. The molecule has 0 aliphatic rings. The summed E-state index contributed by atoms with van der Waals surface area (Å²) in [6.07, 6.45) is 2.19. The van der Waals surface area contributed by atoms with Crippen molar-refractivity contribution < 1.29 is 9.90 Å². The van der Waals surface area contributed by atoms with Gasteiger partial charge < -0.3 is 5.11 Å². The van der Waals surface area contributed by atoms with Crippen LogP contribution < -0.4 is 0 Å². The molecule has 0 saturated carbocycles. The first-order valence-corrected chi connectivity index (χ1v) is 4.95. The highest BCUT2D eigenvalue weighted by Gasteiger charge is 2.12. The summed E-state index contributed by atoms with van der Waals surface area (Å²) in [6, 6.07) is 9.32. The number of para-hydroxylation sites is 1. The molecule has 0 radical (unpaired) electrons. The topological polar surface area (TPSA) is 50.2 Å². The Morgan fingerprint density at radius 1 is 1.44 bits per heavy atom. The molecule has 0 bridgehead atoms. The summed E-state index contributed by atoms with van der Waals surface area (Å²) in [5.41, 5.74) is 1.51. The second-order valence-electron chi connectivity index (χ2n) is 3.49. The van der Waals surface area contributed by atoms with Crippen molar-refractivity contribution in [2.75, 3.05) is 0 Å². The number of carboxylic acid groups (broad SMARTS) is 1. The fourth-order valence-corrected chi connectivity index (χ4v) is 1.66. The van der Waals surface area contributed by atoms with E-state index in [1.807, 2.05) is 24.3 Å². The first kappa shape index (κ1) is 10.4. The first-order valence-electron chi connectivity index (χ1n) is 4.95. The molecule has 1 N–H and O–H groups in total. The quantitative estimate of drug-likeness (QED) is 0.797. The van der Waals surface area contributed by atoms with Crippen molar-refractivity contribution in [2.45, 2.75) is 6.42 Å². The van der Waals surface area contributed by atoms with E-state index in [2.05, 4.69) is 11.6 Å². The number of nitrogens with zero attached hydrogens (tertiary/aromatic N) is 1. The summed E-state index contributed by atoms with van der Waals surface area (Å²) in [4.78, 5) is 15.2. The zero-order valence-corrected chi connectivity index (χ0v) is 8.68. The van der Waals surface area contributed by atoms with Crippen LogP contribution in [-0.4, -0.2) is 16.1 Å². The summed E-state index contributed by atoms with van der Waals surface area (Å²) >= 11 is 0. The number of pyridine rings is 1. The maximum atomic E-state index is 11.0. The molecule has 0 unspecified atom stereocenters. The van der Waals surface area contributed by atoms with Gasteiger partial charge in [-0.3, -0.25) is 0 Å². The van der Waals surface area contributed by atoms with Crippen LogP contribution >= 0.6 is 0 Å². The Balaban J connectivity index is 2.70. The number of allylic oxidation sites excluding steroid dienone is 1. The SMILES string of the molecule is C=CCc1cc2ccccc2nc1C(=O)O. The highest BCUT2D eigenvalue weighted by atomic mass is 16.4. The Morgan fingerprint density at radius 3 is 2.88 bits per heavy atom. The molecule has 3 heteroatoms. The Bertz CT molecular complexity index is 561. The Labute approximate surface area is 93.1 Å². The van der Waals surface area contributed by atoms with Crippen LogP contribution in [0.2, 0.25) is 0 Å². The van der Waals surface area contributed by atoms with E-state index in [1.54, 1.807) is 12.1 Å². The smallest absolute Gasteiger partial charge is 0.354 e. The van der Waals surface area contributed by atoms with Crippen LogP contribution in [0.15, 0.2) is 43.0 Å². The zero-order chi connectivity index (χ0) is 11.5. The van der Waals surface area contributed by atoms with Gasteiger partial charge in [0.15, 0.2) is 5.69 Å². The molecule has 0 fully saturated rings. The number of carbonyl (C=O) groups is 1. The molecule has 0 spiro atoms. The van der Waals surface area contributed by atoms with E-state index in [0.29, 0.717) is 17.5 Å². The number of aromatic carboxylic acids is 1. The number of hydrogen-bond donors (Lipinski definition) is 1. The third-order valence-corrected chi connectivity index (χ3v) is 2.37. The van der Waals surface area contributed by atoms with Crippen molar-refractivity contribution >= 4 is 16.9 Å². The standard InChI is InChI=1S/C13H11NO2/c1-2-5-10-8-9-6-3-4-7-11(9)14-12(10)13(15)16/h2-4,6-8H,1,5H2,(H,15,16). The average molecular weight is 213 g/mol. The van der Waals surface area contributed by atoms with Crippen molar-refractivity contribution in [2.24, 2.45) is 0 Å². The van der Waals surface area contributed by atoms with E-state index in [0.717, 1.165) is 5.39 Å². The minimum Gasteiger partial charge on any atom is -0.477 e. The summed E-state index contributed by atoms with van der Waals surface area (Å²) < 4.78 is 0. The van der Waals surface area contributed by atoms with Gasteiger partial charge in [0.1, 0.15) is 0 Å². The fourth-order valence-electron chi connectivity index (χ4n) is 1.66. The van der Waals surface area contributed by atoms with Crippen molar-refractivity contribution in [1.82, 2.24) is 4.98 Å². The molecule has 1 aromatic heterocycles. The Hall–Kier alpha value is -2.16. The Kier molecular flexibility index (Phi) is 2.68. The molecule has 0 amide bonds. The van der Waals surface area contributed by atoms with Crippen LogP contribution in [0.3, 0.4) is 0 Å². The lowest BCUT2D eigenvalue weighted by Crippen LogP contribution is -2.05. The first-order chi connectivity index (χ1) is 7.72. The molecule has 2 aromatic rings. The zero-order valence-electron chi connectivity index (χ0n) is 8.68. The number of aromatic nitrogens is 1. The average Bonchev–Trinajstić information content (AvgIpc) is 2.28. The molecular weight excluding hydrogens is 202 g/mol. The van der Waals surface area contributed by atoms with Gasteiger partial charge in [0.25, 0.3) is 0 Å². The highest BCUT2D eigenvalue weighted by Crippen LogP contribution is 2.17. The van der Waals surface area contributed by atoms with Crippen molar-refractivity contribution in [3.05, 3.63) is 54.2 Å². The van der Waals surface area contributed by atoms with Crippen LogP contribution in [0, 0.1) is 0 Å². The van der Waals surface area contributed by atoms with Gasteiger partial charge in [-0.25, -0.2) is 9.78 Å². The lowest BCUT2D eigenvalue weighted by Gasteiger charge is -2.05. The lowest BCUT2D eigenvalue weighted by atomic mass is 10.1. The van der Waals surface area contributed by atoms with Gasteiger partial charge >= 0.3 is 5.97 Å². The van der Waals surface area contributed by atoms with Crippen molar-refractivity contribution in [3.8, 4) is 0 Å². The molecule has 2 rings (SSSR count). The lowest BCUT2D eigenvalue weighted by molar-refractivity contribution is 0.0690. The minimum atomic E-state index is -0.998. The third kappa shape index (κ3) is 1.80. The van der Waals surface area contributed by atoms with Gasteiger partial charge in [-0.2, -0.15) is 0 Å². The summed E-state index contributed by atoms with van der Waals surface area (Å²) in [6.45, 7) is 3.62. The predicted octanol–water partition coefficient (Wildman–Crippen LogP) is 2.66. The van der Waals surface area contributed by atoms with Crippen molar-refractivity contribution in [3.63, 3.8) is 0 Å². The second-order valence-corrected chi connectivity index (χ2v) is 3.49. The molecule has 0 aliphatic heterocycles. The second kappa shape index (κ2) is 4.14. The number of benzene rings is 1. The number of hydrogen-bond acceptors (Lipinski definition) is 2. The molecule has 0 saturated heterocycles. The summed E-state index contributed by atoms with van der Waals surface area (Å²) in [5.74, 6) is -0.998. The van der Waals surface area contributed by atoms with Gasteiger partial charge in [-0.15, -0.1) is 6.58 Å². The van der Waals surface area contributed by atoms with Gasteiger partial charge in [-0.1, -0.05) is 24.3 Å². The molecule has 80 valence electrons. The normalized spacial score (nSPS) is 10.2. The number of carboxylic acids is 1. The van der Waals surface area contributed by atoms with Crippen LogP contribution in [0.25, 0.3) is 10.9 Å². The van der Waals surface area contributed by atoms with Gasteiger partial charge in [0.2, 0.25) is 0 Å². The van der Waals surface area contributed by atoms with E-state index in [9.17, 15) is 4.79 Å². The van der Waals surface area contributed by atoms with E-state index in [-0.39, 0.29) is 5.69 Å². The van der Waals surface area contributed by atoms with Crippen LogP contribution in [0.1, 0.15) is 16.1 Å². The van der Waals surface area contributed by atoms with Crippen LogP contribution in [0.5, 0.6) is 0 Å². The molecular formula is C13H11NO2. The van der Waals surface area contributed by atoms with Gasteiger partial charge in [0.05, 0.1) is 5.52 Å². The molecule has 16 heavy (non-hydrogen) atoms. The predicted molar refractivity (Wildman–Crippen MR) is 62.6 cm³/mol. The van der Waals surface area contributed by atoms with Gasteiger partial charge in [-0.05, 0) is 24.1 Å². The minimum absolute atomic E-state index is 0.110. The third-order valence-electron chi connectivity index (χ3n) is 2.37. The van der Waals surface area contributed by atoms with E-state index >= 15 is 0 Å². The molecule has 0 atom stereocenters. The maximum absolute atomic E-state index is 11.0. The van der Waals surface area contributed by atoms with E-state index < -0.39 is 5.97 Å². The van der Waals surface area contributed by atoms with E-state index in [1.165, 1.54) is 0 Å². The fraction of sp³-hybridized carbons (Fsp3) is 0.0769. The largest absolute Gasteiger partial charge is 0.477 e. The van der Waals surface area contributed by atoms with Crippen LogP contribution in [0.4, 0.5) is 0 Å². The highest BCUT2D eigenvalue weighted by molar-refractivity contribution is 5.91. The molecule has 1 heterocycles.